The molecule has 4 saturated carbocycles. The van der Waals surface area contributed by atoms with Gasteiger partial charge in [0.05, 0.1) is 0 Å². The second kappa shape index (κ2) is 8.48. The van der Waals surface area contributed by atoms with E-state index in [2.05, 4.69) is 34.6 Å². The van der Waals surface area contributed by atoms with Crippen LogP contribution in [0.15, 0.2) is 0 Å². The lowest BCUT2D eigenvalue weighted by Crippen LogP contribution is -2.54. The average Bonchev–Trinajstić information content (AvgIpc) is 3.05. The molecular weight excluding hydrogens is 352 g/mol. The van der Waals surface area contributed by atoms with Crippen molar-refractivity contribution in [3.63, 3.8) is 0 Å². The van der Waals surface area contributed by atoms with Crippen LogP contribution >= 0.6 is 0 Å². The van der Waals surface area contributed by atoms with E-state index in [0.29, 0.717) is 23.4 Å². The van der Waals surface area contributed by atoms with Crippen molar-refractivity contribution < 1.29 is 5.11 Å². The summed E-state index contributed by atoms with van der Waals surface area (Å²) in [5.74, 6) is 7.38. The largest absolute Gasteiger partial charge is 0.396 e. The molecule has 0 heterocycles. The van der Waals surface area contributed by atoms with Crippen LogP contribution in [-0.2, 0) is 0 Å². The summed E-state index contributed by atoms with van der Waals surface area (Å²) in [6, 6.07) is 0. The third kappa shape index (κ3) is 3.74. The fourth-order valence-corrected chi connectivity index (χ4v) is 9.85. The number of fused-ring (bicyclic) bond motifs is 5. The summed E-state index contributed by atoms with van der Waals surface area (Å²) in [7, 11) is 0. The monoisotopic (exact) mass is 402 g/mol. The number of aliphatic hydroxyl groups excluding tert-OH is 1. The van der Waals surface area contributed by atoms with Crippen LogP contribution in [0.4, 0.5) is 0 Å². The maximum Gasteiger partial charge on any atom is 0.0456 e. The molecule has 0 aromatic rings. The van der Waals surface area contributed by atoms with E-state index in [4.69, 9.17) is 0 Å². The van der Waals surface area contributed by atoms with Gasteiger partial charge >= 0.3 is 0 Å². The molecule has 0 aromatic carbocycles. The highest BCUT2D eigenvalue weighted by Gasteiger charge is 2.60. The third-order valence-corrected chi connectivity index (χ3v) is 11.4. The minimum absolute atomic E-state index is 0.360. The van der Waals surface area contributed by atoms with Gasteiger partial charge in [0.25, 0.3) is 0 Å². The number of hydrogen-bond donors (Lipinski definition) is 1. The predicted molar refractivity (Wildman–Crippen MR) is 124 cm³/mol. The molecule has 0 bridgehead atoms. The van der Waals surface area contributed by atoms with Crippen molar-refractivity contribution in [1.82, 2.24) is 0 Å². The summed E-state index contributed by atoms with van der Waals surface area (Å²) in [5, 5.41) is 9.34. The van der Waals surface area contributed by atoms with Gasteiger partial charge in [0, 0.05) is 6.61 Å². The van der Waals surface area contributed by atoms with E-state index in [-0.39, 0.29) is 0 Å². The van der Waals surface area contributed by atoms with Crippen LogP contribution in [-0.4, -0.2) is 11.7 Å². The van der Waals surface area contributed by atoms with Gasteiger partial charge in [-0.1, -0.05) is 60.3 Å². The molecule has 4 aliphatic rings. The number of aliphatic hydroxyl groups is 1. The highest BCUT2D eigenvalue weighted by molar-refractivity contribution is 5.09. The molecular formula is C28H50O. The second-order valence-electron chi connectivity index (χ2n) is 12.9. The Hall–Kier alpha value is -0.0400. The van der Waals surface area contributed by atoms with E-state index in [1.165, 1.54) is 70.6 Å². The first-order valence-electron chi connectivity index (χ1n) is 13.4. The van der Waals surface area contributed by atoms with E-state index in [1.54, 1.807) is 6.42 Å². The van der Waals surface area contributed by atoms with Crippen LogP contribution in [0.3, 0.4) is 0 Å². The highest BCUT2D eigenvalue weighted by Crippen LogP contribution is 2.68. The molecule has 0 amide bonds. The normalized spacial score (nSPS) is 49.0. The summed E-state index contributed by atoms with van der Waals surface area (Å²) in [6.45, 7) is 13.1. The van der Waals surface area contributed by atoms with Crippen LogP contribution in [0.2, 0.25) is 0 Å². The summed E-state index contributed by atoms with van der Waals surface area (Å²) in [5.41, 5.74) is 1.28. The smallest absolute Gasteiger partial charge is 0.0456 e. The van der Waals surface area contributed by atoms with Crippen molar-refractivity contribution in [3.8, 4) is 0 Å². The van der Waals surface area contributed by atoms with E-state index >= 15 is 0 Å². The van der Waals surface area contributed by atoms with Gasteiger partial charge in [0.2, 0.25) is 0 Å². The lowest BCUT2D eigenvalue weighted by Gasteiger charge is -2.62. The van der Waals surface area contributed by atoms with Gasteiger partial charge in [-0.3, -0.25) is 0 Å². The Morgan fingerprint density at radius 1 is 0.828 bits per heavy atom. The predicted octanol–water partition coefficient (Wildman–Crippen LogP) is 7.72. The second-order valence-corrected chi connectivity index (χ2v) is 12.9. The zero-order valence-electron chi connectivity index (χ0n) is 20.3. The molecule has 0 aromatic heterocycles. The minimum atomic E-state index is 0.360. The van der Waals surface area contributed by atoms with Crippen LogP contribution in [0.25, 0.3) is 0 Å². The molecule has 0 radical (unpaired) electrons. The standard InChI is InChI=1S/C28H50O/c1-19(18-29)8-6-9-20(2)24-13-14-25-22-11-12-23-21(3)10-7-16-27(23,4)26(22)15-17-28(24,25)5/h19-26,29H,6-18H2,1-5H3/t19?,20-,21?,22+,23?,24-,25+,26+,27+,28-/m1/s1. The van der Waals surface area contributed by atoms with Crippen LogP contribution in [0.1, 0.15) is 112 Å². The average molecular weight is 403 g/mol. The van der Waals surface area contributed by atoms with Crippen molar-refractivity contribution in [1.29, 1.82) is 0 Å². The Morgan fingerprint density at radius 3 is 2.31 bits per heavy atom. The van der Waals surface area contributed by atoms with Crippen molar-refractivity contribution in [2.45, 2.75) is 112 Å². The van der Waals surface area contributed by atoms with Crippen molar-refractivity contribution in [2.24, 2.45) is 58.2 Å². The lowest BCUT2D eigenvalue weighted by atomic mass is 9.43. The first-order valence-corrected chi connectivity index (χ1v) is 13.4. The molecule has 0 saturated heterocycles. The maximum absolute atomic E-state index is 9.34. The van der Waals surface area contributed by atoms with Gasteiger partial charge in [-0.25, -0.2) is 0 Å². The van der Waals surface area contributed by atoms with Crippen molar-refractivity contribution in [3.05, 3.63) is 0 Å². The van der Waals surface area contributed by atoms with Gasteiger partial charge in [-0.15, -0.1) is 0 Å². The number of rotatable bonds is 6. The Kier molecular flexibility index (Phi) is 6.48. The van der Waals surface area contributed by atoms with E-state index in [0.717, 1.165) is 41.4 Å². The molecule has 1 heteroatoms. The zero-order valence-corrected chi connectivity index (χ0v) is 20.3. The van der Waals surface area contributed by atoms with Crippen molar-refractivity contribution >= 4 is 0 Å². The molecule has 168 valence electrons. The van der Waals surface area contributed by atoms with Gasteiger partial charge in [0.15, 0.2) is 0 Å². The Bertz CT molecular complexity index is 557. The van der Waals surface area contributed by atoms with Crippen LogP contribution in [0.5, 0.6) is 0 Å². The Labute approximate surface area is 181 Å². The summed E-state index contributed by atoms with van der Waals surface area (Å²) < 4.78 is 0. The Morgan fingerprint density at radius 2 is 1.55 bits per heavy atom. The lowest BCUT2D eigenvalue weighted by molar-refractivity contribution is -0.127. The van der Waals surface area contributed by atoms with E-state index in [1.807, 2.05) is 0 Å². The molecule has 0 aliphatic heterocycles. The molecule has 3 unspecified atom stereocenters. The van der Waals surface area contributed by atoms with Crippen LogP contribution < -0.4 is 0 Å². The minimum Gasteiger partial charge on any atom is -0.396 e. The number of hydrogen-bond acceptors (Lipinski definition) is 1. The zero-order chi connectivity index (χ0) is 20.8. The quantitative estimate of drug-likeness (QED) is 0.482. The van der Waals surface area contributed by atoms with Crippen LogP contribution in [0, 0.1) is 58.2 Å². The van der Waals surface area contributed by atoms with Gasteiger partial charge in [-0.05, 0) is 110 Å². The molecule has 29 heavy (non-hydrogen) atoms. The fourth-order valence-electron chi connectivity index (χ4n) is 9.85. The van der Waals surface area contributed by atoms with E-state index in [9.17, 15) is 5.11 Å². The molecule has 4 aliphatic carbocycles. The molecule has 0 spiro atoms. The first-order chi connectivity index (χ1) is 13.8. The van der Waals surface area contributed by atoms with Gasteiger partial charge in [0.1, 0.15) is 0 Å². The highest BCUT2D eigenvalue weighted by atomic mass is 16.3. The van der Waals surface area contributed by atoms with Gasteiger partial charge < -0.3 is 5.11 Å². The maximum atomic E-state index is 9.34. The van der Waals surface area contributed by atoms with Gasteiger partial charge in [-0.2, -0.15) is 0 Å². The Balaban J connectivity index is 1.44. The topological polar surface area (TPSA) is 20.2 Å². The molecule has 1 N–H and O–H groups in total. The molecule has 10 atom stereocenters. The summed E-state index contributed by atoms with van der Waals surface area (Å²) >= 11 is 0. The molecule has 4 rings (SSSR count). The SMILES string of the molecule is CC(CO)CCC[C@@H](C)[C@H]1CC[C@H]2[C@@H]3CCC4C(C)CCC[C@]4(C)[C@H]3CC[C@]12C. The fraction of sp³-hybridized carbons (Fsp3) is 1.00. The third-order valence-electron chi connectivity index (χ3n) is 11.4. The van der Waals surface area contributed by atoms with E-state index < -0.39 is 0 Å². The summed E-state index contributed by atoms with van der Waals surface area (Å²) in [6.07, 6.45) is 17.5. The summed E-state index contributed by atoms with van der Waals surface area (Å²) in [4.78, 5) is 0. The van der Waals surface area contributed by atoms with Crippen molar-refractivity contribution in [2.75, 3.05) is 6.61 Å². The molecule has 4 fully saturated rings. The first kappa shape index (κ1) is 22.2. The molecule has 1 nitrogen and oxygen atoms in total.